The van der Waals surface area contributed by atoms with Crippen LogP contribution in [0.1, 0.15) is 17.5 Å². The number of hydrogen-bond acceptors (Lipinski definition) is 2. The average Bonchev–Trinajstić information content (AvgIpc) is 2.50. The van der Waals surface area contributed by atoms with Gasteiger partial charge < -0.3 is 10.1 Å². The van der Waals surface area contributed by atoms with Gasteiger partial charge in [0.1, 0.15) is 0 Å². The van der Waals surface area contributed by atoms with Gasteiger partial charge in [-0.05, 0) is 42.3 Å². The van der Waals surface area contributed by atoms with Gasteiger partial charge in [0.15, 0.2) is 0 Å². The van der Waals surface area contributed by atoms with Crippen LogP contribution in [0.15, 0.2) is 48.5 Å². The molecule has 0 saturated carbocycles. The topological polar surface area (TPSA) is 21.3 Å². The van der Waals surface area contributed by atoms with E-state index in [0.29, 0.717) is 23.3 Å². The summed E-state index contributed by atoms with van der Waals surface area (Å²) in [5.74, 6) is 0. The maximum absolute atomic E-state index is 6.08. The molecule has 0 amide bonds. The highest BCUT2D eigenvalue weighted by molar-refractivity contribution is 6.33. The van der Waals surface area contributed by atoms with E-state index in [1.165, 1.54) is 5.56 Å². The minimum absolute atomic E-state index is 0.498. The first-order valence-corrected chi connectivity index (χ1v) is 7.77. The zero-order valence-corrected chi connectivity index (χ0v) is 13.3. The first-order valence-electron chi connectivity index (χ1n) is 7.02. The molecule has 112 valence electrons. The SMILES string of the molecule is Clc1ccc(Cl)c(COCCCNCc2ccccc2)c1. The number of ether oxygens (including phenoxy) is 1. The number of benzene rings is 2. The molecule has 2 rings (SSSR count). The molecule has 2 aromatic rings. The van der Waals surface area contributed by atoms with Crippen molar-refractivity contribution in [3.05, 3.63) is 69.7 Å². The molecular formula is C17H19Cl2NO. The van der Waals surface area contributed by atoms with Crippen molar-refractivity contribution in [2.75, 3.05) is 13.2 Å². The fourth-order valence-corrected chi connectivity index (χ4v) is 2.33. The van der Waals surface area contributed by atoms with Crippen LogP contribution in [-0.2, 0) is 17.9 Å². The fourth-order valence-electron chi connectivity index (χ4n) is 1.96. The number of nitrogens with one attached hydrogen (secondary N) is 1. The molecule has 0 aliphatic heterocycles. The van der Waals surface area contributed by atoms with Crippen LogP contribution in [0, 0.1) is 0 Å². The van der Waals surface area contributed by atoms with E-state index in [1.54, 1.807) is 12.1 Å². The summed E-state index contributed by atoms with van der Waals surface area (Å²) in [6, 6.07) is 15.8. The van der Waals surface area contributed by atoms with Crippen LogP contribution in [0.5, 0.6) is 0 Å². The van der Waals surface area contributed by atoms with E-state index < -0.39 is 0 Å². The normalized spacial score (nSPS) is 10.8. The lowest BCUT2D eigenvalue weighted by atomic mass is 10.2. The molecule has 2 nitrogen and oxygen atoms in total. The zero-order valence-electron chi connectivity index (χ0n) is 11.8. The molecular weight excluding hydrogens is 305 g/mol. The van der Waals surface area contributed by atoms with Crippen LogP contribution in [0.25, 0.3) is 0 Å². The van der Waals surface area contributed by atoms with Gasteiger partial charge >= 0.3 is 0 Å². The van der Waals surface area contributed by atoms with Crippen molar-refractivity contribution in [3.63, 3.8) is 0 Å². The quantitative estimate of drug-likeness (QED) is 0.711. The average molecular weight is 324 g/mol. The summed E-state index contributed by atoms with van der Waals surface area (Å²) in [5, 5.41) is 4.77. The molecule has 0 aromatic heterocycles. The number of hydrogen-bond donors (Lipinski definition) is 1. The molecule has 0 atom stereocenters. The largest absolute Gasteiger partial charge is 0.377 e. The van der Waals surface area contributed by atoms with E-state index in [-0.39, 0.29) is 0 Å². The Kier molecular flexibility index (Phi) is 7.04. The lowest BCUT2D eigenvalue weighted by Crippen LogP contribution is -2.16. The van der Waals surface area contributed by atoms with Crippen molar-refractivity contribution < 1.29 is 4.74 Å². The Morgan fingerprint density at radius 2 is 1.81 bits per heavy atom. The Labute approximate surface area is 136 Å². The zero-order chi connectivity index (χ0) is 14.9. The van der Waals surface area contributed by atoms with Gasteiger partial charge in [0.2, 0.25) is 0 Å². The van der Waals surface area contributed by atoms with E-state index in [1.807, 2.05) is 12.1 Å². The molecule has 4 heteroatoms. The molecule has 0 saturated heterocycles. The lowest BCUT2D eigenvalue weighted by molar-refractivity contribution is 0.118. The monoisotopic (exact) mass is 323 g/mol. The van der Waals surface area contributed by atoms with Gasteiger partial charge in [-0.1, -0.05) is 53.5 Å². The Morgan fingerprint density at radius 3 is 2.62 bits per heavy atom. The van der Waals surface area contributed by atoms with Crippen molar-refractivity contribution >= 4 is 23.2 Å². The summed E-state index contributed by atoms with van der Waals surface area (Å²) in [4.78, 5) is 0. The van der Waals surface area contributed by atoms with Crippen LogP contribution in [0.4, 0.5) is 0 Å². The lowest BCUT2D eigenvalue weighted by Gasteiger charge is -2.08. The second-order valence-corrected chi connectivity index (χ2v) is 5.65. The van der Waals surface area contributed by atoms with Crippen LogP contribution in [0.2, 0.25) is 10.0 Å². The number of halogens is 2. The molecule has 1 N–H and O–H groups in total. The summed E-state index contributed by atoms with van der Waals surface area (Å²) in [5.41, 5.74) is 2.23. The summed E-state index contributed by atoms with van der Waals surface area (Å²) >= 11 is 12.0. The van der Waals surface area contributed by atoms with Crippen LogP contribution >= 0.6 is 23.2 Å². The van der Waals surface area contributed by atoms with Crippen molar-refractivity contribution in [1.82, 2.24) is 5.32 Å². The predicted octanol–water partition coefficient (Wildman–Crippen LogP) is 4.69. The van der Waals surface area contributed by atoms with Gasteiger partial charge in [-0.15, -0.1) is 0 Å². The molecule has 0 spiro atoms. The third-order valence-electron chi connectivity index (χ3n) is 3.08. The highest BCUT2D eigenvalue weighted by Gasteiger charge is 2.01. The van der Waals surface area contributed by atoms with Gasteiger partial charge in [0.25, 0.3) is 0 Å². The molecule has 2 aromatic carbocycles. The fraction of sp³-hybridized carbons (Fsp3) is 0.294. The van der Waals surface area contributed by atoms with Crippen LogP contribution < -0.4 is 5.32 Å². The van der Waals surface area contributed by atoms with E-state index in [4.69, 9.17) is 27.9 Å². The smallest absolute Gasteiger partial charge is 0.0731 e. The maximum Gasteiger partial charge on any atom is 0.0731 e. The highest BCUT2D eigenvalue weighted by Crippen LogP contribution is 2.21. The Balaban J connectivity index is 1.57. The second-order valence-electron chi connectivity index (χ2n) is 4.80. The summed E-state index contributed by atoms with van der Waals surface area (Å²) < 4.78 is 5.62. The van der Waals surface area contributed by atoms with Crippen LogP contribution in [0.3, 0.4) is 0 Å². The van der Waals surface area contributed by atoms with Crippen molar-refractivity contribution in [2.45, 2.75) is 19.6 Å². The minimum atomic E-state index is 0.498. The predicted molar refractivity (Wildman–Crippen MR) is 88.9 cm³/mol. The van der Waals surface area contributed by atoms with Crippen LogP contribution in [-0.4, -0.2) is 13.2 Å². The summed E-state index contributed by atoms with van der Waals surface area (Å²) in [6.45, 7) is 3.02. The Morgan fingerprint density at radius 1 is 1.00 bits per heavy atom. The van der Waals surface area contributed by atoms with Crippen molar-refractivity contribution in [1.29, 1.82) is 0 Å². The molecule has 0 bridgehead atoms. The van der Waals surface area contributed by atoms with Gasteiger partial charge in [-0.3, -0.25) is 0 Å². The van der Waals surface area contributed by atoms with E-state index in [9.17, 15) is 0 Å². The molecule has 0 unspecified atom stereocenters. The minimum Gasteiger partial charge on any atom is -0.377 e. The van der Waals surface area contributed by atoms with Gasteiger partial charge in [-0.2, -0.15) is 0 Å². The van der Waals surface area contributed by atoms with Gasteiger partial charge in [0.05, 0.1) is 6.61 Å². The third-order valence-corrected chi connectivity index (χ3v) is 3.68. The third kappa shape index (κ3) is 6.06. The molecule has 0 fully saturated rings. The first kappa shape index (κ1) is 16.3. The Bertz CT molecular complexity index is 546. The highest BCUT2D eigenvalue weighted by atomic mass is 35.5. The van der Waals surface area contributed by atoms with Gasteiger partial charge in [-0.25, -0.2) is 0 Å². The molecule has 21 heavy (non-hydrogen) atoms. The Hall–Kier alpha value is -1.06. The summed E-state index contributed by atoms with van der Waals surface area (Å²) in [6.07, 6.45) is 0.963. The van der Waals surface area contributed by atoms with E-state index in [0.717, 1.165) is 25.1 Å². The van der Waals surface area contributed by atoms with E-state index in [2.05, 4.69) is 29.6 Å². The molecule has 0 heterocycles. The maximum atomic E-state index is 6.08. The molecule has 0 aliphatic rings. The molecule has 0 radical (unpaired) electrons. The summed E-state index contributed by atoms with van der Waals surface area (Å²) in [7, 11) is 0. The van der Waals surface area contributed by atoms with Crippen molar-refractivity contribution in [3.8, 4) is 0 Å². The second kappa shape index (κ2) is 9.06. The molecule has 0 aliphatic carbocycles. The first-order chi connectivity index (χ1) is 10.3. The number of rotatable bonds is 8. The van der Waals surface area contributed by atoms with Gasteiger partial charge in [0, 0.05) is 23.2 Å². The van der Waals surface area contributed by atoms with Crippen molar-refractivity contribution in [2.24, 2.45) is 0 Å². The van der Waals surface area contributed by atoms with E-state index >= 15 is 0 Å². The standard InChI is InChI=1S/C17H19Cl2NO/c18-16-7-8-17(19)15(11-16)13-21-10-4-9-20-12-14-5-2-1-3-6-14/h1-3,5-8,11,20H,4,9-10,12-13H2.